The molecule has 0 aliphatic heterocycles. The van der Waals surface area contributed by atoms with E-state index in [-0.39, 0.29) is 13.2 Å². The van der Waals surface area contributed by atoms with Crippen LogP contribution in [0.15, 0.2) is 46.9 Å². The maximum Gasteiger partial charge on any atom is 0.141 e. The fourth-order valence-electron chi connectivity index (χ4n) is 1.71. The predicted molar refractivity (Wildman–Crippen MR) is 77.4 cm³/mol. The van der Waals surface area contributed by atoms with Gasteiger partial charge in [-0.05, 0) is 57.7 Å². The van der Waals surface area contributed by atoms with Crippen LogP contribution in [0.5, 0.6) is 11.5 Å². The lowest BCUT2D eigenvalue weighted by atomic mass is 10.1. The minimum Gasteiger partial charge on any atom is -0.456 e. The molecule has 4 heteroatoms. The third kappa shape index (κ3) is 3.80. The molecular weight excluding hydrogens is 308 g/mol. The average molecular weight is 323 g/mol. The third-order valence-corrected chi connectivity index (χ3v) is 3.35. The Hall–Kier alpha value is -1.36. The van der Waals surface area contributed by atoms with Crippen LogP contribution in [0.25, 0.3) is 0 Å². The van der Waals surface area contributed by atoms with Crippen LogP contribution in [-0.4, -0.2) is 16.8 Å². The largest absolute Gasteiger partial charge is 0.456 e. The highest BCUT2D eigenvalue weighted by molar-refractivity contribution is 9.10. The van der Waals surface area contributed by atoms with Crippen LogP contribution < -0.4 is 4.74 Å². The molecular formula is C15H15BrO3. The zero-order valence-electron chi connectivity index (χ0n) is 10.3. The van der Waals surface area contributed by atoms with Crippen LogP contribution in [0, 0.1) is 0 Å². The van der Waals surface area contributed by atoms with E-state index < -0.39 is 0 Å². The first-order valence-electron chi connectivity index (χ1n) is 6.00. The van der Waals surface area contributed by atoms with E-state index in [0.29, 0.717) is 12.2 Å². The van der Waals surface area contributed by atoms with E-state index in [1.807, 2.05) is 42.5 Å². The van der Waals surface area contributed by atoms with Crippen LogP contribution in [0.4, 0.5) is 0 Å². The molecule has 0 aliphatic rings. The zero-order valence-corrected chi connectivity index (χ0v) is 11.9. The zero-order chi connectivity index (χ0) is 13.7. The van der Waals surface area contributed by atoms with Crippen molar-refractivity contribution in [3.05, 3.63) is 58.1 Å². The Labute approximate surface area is 120 Å². The fourth-order valence-corrected chi connectivity index (χ4v) is 2.21. The van der Waals surface area contributed by atoms with Gasteiger partial charge >= 0.3 is 0 Å². The minimum atomic E-state index is 0.00867. The van der Waals surface area contributed by atoms with Gasteiger partial charge in [-0.1, -0.05) is 18.2 Å². The SMILES string of the molecule is OCCc1ccc(Oc2ccc(CO)cc2Br)cc1. The van der Waals surface area contributed by atoms with E-state index >= 15 is 0 Å². The topological polar surface area (TPSA) is 49.7 Å². The molecule has 100 valence electrons. The Morgan fingerprint density at radius 2 is 1.63 bits per heavy atom. The maximum absolute atomic E-state index is 9.04. The molecule has 0 bridgehead atoms. The van der Waals surface area contributed by atoms with E-state index in [4.69, 9.17) is 14.9 Å². The summed E-state index contributed by atoms with van der Waals surface area (Å²) in [6.45, 7) is 0.156. The molecule has 2 rings (SSSR count). The third-order valence-electron chi connectivity index (χ3n) is 2.73. The lowest BCUT2D eigenvalue weighted by molar-refractivity contribution is 0.281. The highest BCUT2D eigenvalue weighted by atomic mass is 79.9. The molecule has 0 aromatic heterocycles. The second-order valence-corrected chi connectivity index (χ2v) is 5.00. The number of hydrogen-bond donors (Lipinski definition) is 2. The minimum absolute atomic E-state index is 0.00867. The quantitative estimate of drug-likeness (QED) is 0.888. The van der Waals surface area contributed by atoms with Gasteiger partial charge in [0.1, 0.15) is 11.5 Å². The molecule has 19 heavy (non-hydrogen) atoms. The number of aliphatic hydroxyl groups is 2. The molecule has 2 N–H and O–H groups in total. The number of halogens is 1. The molecule has 0 amide bonds. The van der Waals surface area contributed by atoms with Crippen LogP contribution in [0.2, 0.25) is 0 Å². The Balaban J connectivity index is 2.12. The summed E-state index contributed by atoms with van der Waals surface area (Å²) in [6, 6.07) is 13.1. The van der Waals surface area contributed by atoms with Crippen molar-refractivity contribution in [2.75, 3.05) is 6.61 Å². The molecule has 0 atom stereocenters. The van der Waals surface area contributed by atoms with Crippen LogP contribution in [0.1, 0.15) is 11.1 Å². The summed E-state index contributed by atoms with van der Waals surface area (Å²) in [5.74, 6) is 1.44. The number of benzene rings is 2. The van der Waals surface area contributed by atoms with Crippen LogP contribution in [0.3, 0.4) is 0 Å². The molecule has 0 saturated carbocycles. The molecule has 2 aromatic rings. The van der Waals surface area contributed by atoms with Crippen molar-refractivity contribution in [1.29, 1.82) is 0 Å². The van der Waals surface area contributed by atoms with Crippen molar-refractivity contribution in [1.82, 2.24) is 0 Å². The van der Waals surface area contributed by atoms with Crippen molar-refractivity contribution >= 4 is 15.9 Å². The molecule has 0 saturated heterocycles. The first-order valence-corrected chi connectivity index (χ1v) is 6.79. The normalized spacial score (nSPS) is 10.5. The monoisotopic (exact) mass is 322 g/mol. The van der Waals surface area contributed by atoms with Crippen molar-refractivity contribution in [2.24, 2.45) is 0 Å². The van der Waals surface area contributed by atoms with E-state index in [2.05, 4.69) is 15.9 Å². The fraction of sp³-hybridized carbons (Fsp3) is 0.200. The Bertz CT molecular complexity index is 538. The molecule has 0 aliphatic carbocycles. The van der Waals surface area contributed by atoms with E-state index in [1.165, 1.54) is 0 Å². The van der Waals surface area contributed by atoms with Gasteiger partial charge in [0, 0.05) is 6.61 Å². The van der Waals surface area contributed by atoms with Gasteiger partial charge in [0.15, 0.2) is 0 Å². The van der Waals surface area contributed by atoms with Crippen molar-refractivity contribution in [3.8, 4) is 11.5 Å². The first kappa shape index (κ1) is 14.1. The summed E-state index contributed by atoms with van der Waals surface area (Å²) in [7, 11) is 0. The highest BCUT2D eigenvalue weighted by Gasteiger charge is 2.04. The summed E-state index contributed by atoms with van der Waals surface area (Å²) in [5.41, 5.74) is 1.90. The second-order valence-electron chi connectivity index (χ2n) is 4.14. The summed E-state index contributed by atoms with van der Waals surface area (Å²) in [5, 5.41) is 17.9. The van der Waals surface area contributed by atoms with E-state index in [1.54, 1.807) is 0 Å². The summed E-state index contributed by atoms with van der Waals surface area (Å²) >= 11 is 3.42. The summed E-state index contributed by atoms with van der Waals surface area (Å²) < 4.78 is 6.55. The molecule has 0 fully saturated rings. The molecule has 3 nitrogen and oxygen atoms in total. The van der Waals surface area contributed by atoms with Gasteiger partial charge in [0.05, 0.1) is 11.1 Å². The van der Waals surface area contributed by atoms with Gasteiger partial charge in [-0.25, -0.2) is 0 Å². The number of hydrogen-bond acceptors (Lipinski definition) is 3. The van der Waals surface area contributed by atoms with Gasteiger partial charge < -0.3 is 14.9 Å². The van der Waals surface area contributed by atoms with E-state index in [0.717, 1.165) is 21.3 Å². The first-order chi connectivity index (χ1) is 9.22. The van der Waals surface area contributed by atoms with Gasteiger partial charge in [0.2, 0.25) is 0 Å². The summed E-state index contributed by atoms with van der Waals surface area (Å²) in [4.78, 5) is 0. The van der Waals surface area contributed by atoms with Gasteiger partial charge in [-0.15, -0.1) is 0 Å². The highest BCUT2D eigenvalue weighted by Crippen LogP contribution is 2.30. The van der Waals surface area contributed by atoms with Crippen molar-refractivity contribution in [3.63, 3.8) is 0 Å². The molecule has 0 unspecified atom stereocenters. The Morgan fingerprint density at radius 3 is 2.21 bits per heavy atom. The molecule has 0 spiro atoms. The van der Waals surface area contributed by atoms with Crippen LogP contribution >= 0.6 is 15.9 Å². The van der Waals surface area contributed by atoms with Gasteiger partial charge in [-0.3, -0.25) is 0 Å². The molecule has 0 heterocycles. The van der Waals surface area contributed by atoms with Crippen molar-refractivity contribution in [2.45, 2.75) is 13.0 Å². The number of ether oxygens (including phenoxy) is 1. The lowest BCUT2D eigenvalue weighted by Gasteiger charge is -2.09. The smallest absolute Gasteiger partial charge is 0.141 e. The number of rotatable bonds is 5. The number of aliphatic hydroxyl groups excluding tert-OH is 2. The van der Waals surface area contributed by atoms with E-state index in [9.17, 15) is 0 Å². The molecule has 2 aromatic carbocycles. The Kier molecular flexibility index (Phi) is 4.96. The standard InChI is InChI=1S/C15H15BrO3/c16-14-9-12(10-18)3-6-15(14)19-13-4-1-11(2-5-13)7-8-17/h1-6,9,17-18H,7-8,10H2. The second kappa shape index (κ2) is 6.70. The molecule has 0 radical (unpaired) electrons. The summed E-state index contributed by atoms with van der Waals surface area (Å²) in [6.07, 6.45) is 0.648. The van der Waals surface area contributed by atoms with Crippen molar-refractivity contribution < 1.29 is 14.9 Å². The van der Waals surface area contributed by atoms with Gasteiger partial charge in [0.25, 0.3) is 0 Å². The lowest BCUT2D eigenvalue weighted by Crippen LogP contribution is -1.91. The predicted octanol–water partition coefficient (Wildman–Crippen LogP) is 3.27. The van der Waals surface area contributed by atoms with Crippen LogP contribution in [-0.2, 0) is 13.0 Å². The Morgan fingerprint density at radius 1 is 0.947 bits per heavy atom. The van der Waals surface area contributed by atoms with Gasteiger partial charge in [-0.2, -0.15) is 0 Å². The maximum atomic E-state index is 9.04. The average Bonchev–Trinajstić information content (AvgIpc) is 2.43.